The number of likely N-dealkylation sites (tertiary alicyclic amines) is 1. The normalized spacial score (nSPS) is 18.0. The van der Waals surface area contributed by atoms with Gasteiger partial charge in [0, 0.05) is 25.6 Å². The van der Waals surface area contributed by atoms with E-state index in [-0.39, 0.29) is 6.04 Å². The maximum absolute atomic E-state index is 11.9. The van der Waals surface area contributed by atoms with Gasteiger partial charge in [0.25, 0.3) is 0 Å². The molecular weight excluding hydrogens is 260 g/mol. The molecule has 0 bridgehead atoms. The molecular formula is C18H28N2O. The van der Waals surface area contributed by atoms with Crippen molar-refractivity contribution in [2.24, 2.45) is 5.92 Å². The second kappa shape index (κ2) is 8.18. The molecule has 0 spiro atoms. The van der Waals surface area contributed by atoms with Crippen molar-refractivity contribution >= 4 is 5.91 Å². The third-order valence-corrected chi connectivity index (χ3v) is 4.27. The van der Waals surface area contributed by atoms with Crippen molar-refractivity contribution in [1.82, 2.24) is 10.2 Å². The molecule has 116 valence electrons. The fourth-order valence-electron chi connectivity index (χ4n) is 3.03. The highest BCUT2D eigenvalue weighted by Gasteiger charge is 2.24. The molecule has 1 heterocycles. The number of nitrogens with zero attached hydrogens (tertiary/aromatic N) is 1. The summed E-state index contributed by atoms with van der Waals surface area (Å²) in [7, 11) is 0. The Morgan fingerprint density at radius 2 is 2.05 bits per heavy atom. The van der Waals surface area contributed by atoms with E-state index in [1.54, 1.807) is 0 Å². The molecule has 0 aliphatic carbocycles. The van der Waals surface area contributed by atoms with Crippen molar-refractivity contribution in [3.63, 3.8) is 0 Å². The van der Waals surface area contributed by atoms with Crippen molar-refractivity contribution < 1.29 is 4.79 Å². The fraction of sp³-hybridized carbons (Fsp3) is 0.611. The number of amides is 1. The van der Waals surface area contributed by atoms with Crippen molar-refractivity contribution in [1.29, 1.82) is 0 Å². The third kappa shape index (κ3) is 4.85. The molecule has 0 aromatic heterocycles. The summed E-state index contributed by atoms with van der Waals surface area (Å²) >= 11 is 0. The third-order valence-electron chi connectivity index (χ3n) is 4.27. The number of carbonyl (C=O) groups is 1. The van der Waals surface area contributed by atoms with Crippen LogP contribution in [0.15, 0.2) is 30.3 Å². The Balaban J connectivity index is 1.98. The lowest BCUT2D eigenvalue weighted by Crippen LogP contribution is -2.37. The predicted molar refractivity (Wildman–Crippen MR) is 87.1 cm³/mol. The largest absolute Gasteiger partial charge is 0.341 e. The van der Waals surface area contributed by atoms with Crippen molar-refractivity contribution in [3.05, 3.63) is 35.9 Å². The zero-order chi connectivity index (χ0) is 15.1. The molecule has 1 saturated heterocycles. The van der Waals surface area contributed by atoms with E-state index < -0.39 is 0 Å². The quantitative estimate of drug-likeness (QED) is 0.795. The molecule has 3 heteroatoms. The Labute approximate surface area is 128 Å². The van der Waals surface area contributed by atoms with Crippen LogP contribution in [0.3, 0.4) is 0 Å². The molecule has 0 radical (unpaired) electrons. The Kier molecular flexibility index (Phi) is 6.24. The Morgan fingerprint density at radius 3 is 2.67 bits per heavy atom. The molecule has 1 fully saturated rings. The highest BCUT2D eigenvalue weighted by molar-refractivity contribution is 5.78. The van der Waals surface area contributed by atoms with Gasteiger partial charge in [-0.2, -0.15) is 0 Å². The van der Waals surface area contributed by atoms with E-state index in [1.807, 2.05) is 11.0 Å². The average molecular weight is 288 g/mol. The molecule has 1 N–H and O–H groups in total. The Bertz CT molecular complexity index is 432. The van der Waals surface area contributed by atoms with Crippen LogP contribution in [0, 0.1) is 5.92 Å². The van der Waals surface area contributed by atoms with Gasteiger partial charge in [-0.25, -0.2) is 0 Å². The second-order valence-corrected chi connectivity index (χ2v) is 6.21. The number of rotatable bonds is 8. The van der Waals surface area contributed by atoms with Crippen LogP contribution in [-0.2, 0) is 4.79 Å². The number of nitrogens with one attached hydrogen (secondary N) is 1. The van der Waals surface area contributed by atoms with E-state index in [2.05, 4.69) is 43.4 Å². The van der Waals surface area contributed by atoms with E-state index in [4.69, 9.17) is 0 Å². The summed E-state index contributed by atoms with van der Waals surface area (Å²) in [6.45, 7) is 7.24. The van der Waals surface area contributed by atoms with Gasteiger partial charge in [0.05, 0.1) is 0 Å². The molecule has 1 aromatic rings. The fourth-order valence-corrected chi connectivity index (χ4v) is 3.03. The van der Waals surface area contributed by atoms with E-state index in [9.17, 15) is 4.79 Å². The van der Waals surface area contributed by atoms with E-state index in [1.165, 1.54) is 18.4 Å². The molecule has 0 saturated carbocycles. The molecule has 1 aromatic carbocycles. The van der Waals surface area contributed by atoms with Gasteiger partial charge in [-0.05, 0) is 30.9 Å². The van der Waals surface area contributed by atoms with Crippen LogP contribution in [0.4, 0.5) is 0 Å². The molecule has 0 unspecified atom stereocenters. The summed E-state index contributed by atoms with van der Waals surface area (Å²) in [5, 5.41) is 3.67. The van der Waals surface area contributed by atoms with Gasteiger partial charge in [0.1, 0.15) is 0 Å². The number of hydrogen-bond donors (Lipinski definition) is 1. The minimum atomic E-state index is 0.243. The van der Waals surface area contributed by atoms with Crippen molar-refractivity contribution in [3.8, 4) is 0 Å². The molecule has 2 rings (SSSR count). The van der Waals surface area contributed by atoms with E-state index >= 15 is 0 Å². The number of benzene rings is 1. The lowest BCUT2D eigenvalue weighted by atomic mass is 10.0. The SMILES string of the molecule is CCC[C@@H](C)CN[C@H](CN1CCCC1=O)c1ccccc1. The van der Waals surface area contributed by atoms with Gasteiger partial charge in [0.2, 0.25) is 5.91 Å². The van der Waals surface area contributed by atoms with Crippen LogP contribution in [0.2, 0.25) is 0 Å². The minimum absolute atomic E-state index is 0.243. The van der Waals surface area contributed by atoms with Crippen molar-refractivity contribution in [2.45, 2.75) is 45.6 Å². The highest BCUT2D eigenvalue weighted by atomic mass is 16.2. The molecule has 1 aliphatic heterocycles. The standard InChI is InChI=1S/C18H28N2O/c1-3-8-15(2)13-19-17(16-9-5-4-6-10-16)14-20-12-7-11-18(20)21/h4-6,9-10,15,17,19H,3,7-8,11-14H2,1-2H3/t15-,17-/m1/s1. The van der Waals surface area contributed by atoms with Crippen LogP contribution < -0.4 is 5.32 Å². The molecule has 3 nitrogen and oxygen atoms in total. The first-order chi connectivity index (χ1) is 10.2. The lowest BCUT2D eigenvalue weighted by molar-refractivity contribution is -0.128. The zero-order valence-electron chi connectivity index (χ0n) is 13.3. The summed E-state index contributed by atoms with van der Waals surface area (Å²) in [6, 6.07) is 10.7. The number of carbonyl (C=O) groups excluding carboxylic acids is 1. The lowest BCUT2D eigenvalue weighted by Gasteiger charge is -2.26. The maximum Gasteiger partial charge on any atom is 0.222 e. The van der Waals surface area contributed by atoms with Gasteiger partial charge < -0.3 is 10.2 Å². The smallest absolute Gasteiger partial charge is 0.222 e. The first-order valence-corrected chi connectivity index (χ1v) is 8.26. The Hall–Kier alpha value is -1.35. The average Bonchev–Trinajstić information content (AvgIpc) is 2.90. The van der Waals surface area contributed by atoms with Crippen molar-refractivity contribution in [2.75, 3.05) is 19.6 Å². The predicted octanol–water partition coefficient (Wildman–Crippen LogP) is 3.38. The van der Waals surface area contributed by atoms with Gasteiger partial charge >= 0.3 is 0 Å². The molecule has 1 amide bonds. The van der Waals surface area contributed by atoms with Gasteiger partial charge in [-0.15, -0.1) is 0 Å². The van der Waals surface area contributed by atoms with Crippen LogP contribution in [-0.4, -0.2) is 30.4 Å². The summed E-state index contributed by atoms with van der Waals surface area (Å²) < 4.78 is 0. The number of hydrogen-bond acceptors (Lipinski definition) is 2. The molecule has 21 heavy (non-hydrogen) atoms. The second-order valence-electron chi connectivity index (χ2n) is 6.21. The van der Waals surface area contributed by atoms with Crippen LogP contribution in [0.25, 0.3) is 0 Å². The van der Waals surface area contributed by atoms with Crippen LogP contribution >= 0.6 is 0 Å². The summed E-state index contributed by atoms with van der Waals surface area (Å²) in [4.78, 5) is 13.9. The molecule has 2 atom stereocenters. The monoisotopic (exact) mass is 288 g/mol. The van der Waals surface area contributed by atoms with Gasteiger partial charge in [-0.3, -0.25) is 4.79 Å². The zero-order valence-corrected chi connectivity index (χ0v) is 13.3. The topological polar surface area (TPSA) is 32.3 Å². The minimum Gasteiger partial charge on any atom is -0.341 e. The highest BCUT2D eigenvalue weighted by Crippen LogP contribution is 2.19. The van der Waals surface area contributed by atoms with Crippen LogP contribution in [0.1, 0.15) is 51.1 Å². The first-order valence-electron chi connectivity index (χ1n) is 8.26. The summed E-state index contributed by atoms with van der Waals surface area (Å²) in [5.41, 5.74) is 1.28. The van der Waals surface area contributed by atoms with Crippen LogP contribution in [0.5, 0.6) is 0 Å². The maximum atomic E-state index is 11.9. The molecule has 1 aliphatic rings. The summed E-state index contributed by atoms with van der Waals surface area (Å²) in [5.74, 6) is 0.981. The van der Waals surface area contributed by atoms with Gasteiger partial charge in [0.15, 0.2) is 0 Å². The van der Waals surface area contributed by atoms with Gasteiger partial charge in [-0.1, -0.05) is 50.6 Å². The van der Waals surface area contributed by atoms with E-state index in [0.29, 0.717) is 18.2 Å². The Morgan fingerprint density at radius 1 is 1.29 bits per heavy atom. The summed E-state index contributed by atoms with van der Waals surface area (Å²) in [6.07, 6.45) is 4.20. The van der Waals surface area contributed by atoms with E-state index in [0.717, 1.165) is 26.1 Å². The first kappa shape index (κ1) is 16.0.